The van der Waals surface area contributed by atoms with Gasteiger partial charge in [-0.3, -0.25) is 0 Å². The Balaban J connectivity index is 3.80. The number of carbonyl (C=O) groups is 1. The van der Waals surface area contributed by atoms with Gasteiger partial charge in [-0.2, -0.15) is 0 Å². The molecule has 0 bridgehead atoms. The van der Waals surface area contributed by atoms with Crippen molar-refractivity contribution < 1.29 is 9.53 Å². The Bertz CT molecular complexity index is 192. The highest BCUT2D eigenvalue weighted by atomic mass is 16.5. The number of carbonyl (C=O) groups excluding carboxylic acids is 1. The van der Waals surface area contributed by atoms with Gasteiger partial charge in [-0.25, -0.2) is 4.79 Å². The summed E-state index contributed by atoms with van der Waals surface area (Å²) < 4.78 is 5.07. The van der Waals surface area contributed by atoms with Crippen LogP contribution < -0.4 is 0 Å². The van der Waals surface area contributed by atoms with Gasteiger partial charge in [0.2, 0.25) is 0 Å². The van der Waals surface area contributed by atoms with Gasteiger partial charge in [0.15, 0.2) is 0 Å². The SMILES string of the molecule is CCCCOC(=O)C(C)=CCC(C)C. The summed E-state index contributed by atoms with van der Waals surface area (Å²) in [5.74, 6) is 0.424. The highest BCUT2D eigenvalue weighted by Gasteiger charge is 2.04. The van der Waals surface area contributed by atoms with E-state index >= 15 is 0 Å². The second-order valence-corrected chi connectivity index (χ2v) is 4.01. The molecule has 14 heavy (non-hydrogen) atoms. The molecule has 0 amide bonds. The third-order valence-corrected chi connectivity index (χ3v) is 1.95. The molecular weight excluding hydrogens is 176 g/mol. The molecule has 0 aliphatic heterocycles. The first-order chi connectivity index (χ1) is 6.57. The van der Waals surface area contributed by atoms with Crippen LogP contribution in [0.4, 0.5) is 0 Å². The van der Waals surface area contributed by atoms with Crippen molar-refractivity contribution in [1.82, 2.24) is 0 Å². The second-order valence-electron chi connectivity index (χ2n) is 4.01. The number of hydrogen-bond donors (Lipinski definition) is 0. The van der Waals surface area contributed by atoms with Crippen LogP contribution in [0.2, 0.25) is 0 Å². The van der Waals surface area contributed by atoms with E-state index in [2.05, 4.69) is 20.8 Å². The van der Waals surface area contributed by atoms with Crippen LogP contribution in [0.1, 0.15) is 47.0 Å². The molecule has 0 N–H and O–H groups in total. The zero-order valence-corrected chi connectivity index (χ0v) is 9.80. The van der Waals surface area contributed by atoms with Crippen LogP contribution >= 0.6 is 0 Å². The summed E-state index contributed by atoms with van der Waals surface area (Å²) in [6, 6.07) is 0. The fourth-order valence-corrected chi connectivity index (χ4v) is 0.919. The van der Waals surface area contributed by atoms with Crippen molar-refractivity contribution in [2.45, 2.75) is 47.0 Å². The van der Waals surface area contributed by atoms with Crippen molar-refractivity contribution in [3.63, 3.8) is 0 Å². The first kappa shape index (κ1) is 13.2. The minimum atomic E-state index is -0.167. The standard InChI is InChI=1S/C12H22O2/c1-5-6-9-14-12(13)11(4)8-7-10(2)3/h8,10H,5-7,9H2,1-4H3. The maximum atomic E-state index is 11.3. The summed E-state index contributed by atoms with van der Waals surface area (Å²) >= 11 is 0. The van der Waals surface area contributed by atoms with E-state index in [0.717, 1.165) is 24.8 Å². The lowest BCUT2D eigenvalue weighted by Gasteiger charge is -2.04. The summed E-state index contributed by atoms with van der Waals surface area (Å²) in [7, 11) is 0. The van der Waals surface area contributed by atoms with Gasteiger partial charge >= 0.3 is 5.97 Å². The van der Waals surface area contributed by atoms with E-state index in [0.29, 0.717) is 12.5 Å². The summed E-state index contributed by atoms with van der Waals surface area (Å²) in [6.45, 7) is 8.70. The Morgan fingerprint density at radius 2 is 2.07 bits per heavy atom. The van der Waals surface area contributed by atoms with Crippen LogP contribution in [0, 0.1) is 5.92 Å². The van der Waals surface area contributed by atoms with E-state index in [-0.39, 0.29) is 5.97 Å². The lowest BCUT2D eigenvalue weighted by molar-refractivity contribution is -0.139. The van der Waals surface area contributed by atoms with E-state index in [4.69, 9.17) is 4.74 Å². The van der Waals surface area contributed by atoms with Gasteiger partial charge in [0.05, 0.1) is 6.61 Å². The molecule has 0 aromatic rings. The molecular formula is C12H22O2. The van der Waals surface area contributed by atoms with Crippen molar-refractivity contribution >= 4 is 5.97 Å². The molecule has 0 atom stereocenters. The van der Waals surface area contributed by atoms with Crippen molar-refractivity contribution in [3.05, 3.63) is 11.6 Å². The van der Waals surface area contributed by atoms with E-state index in [1.807, 2.05) is 13.0 Å². The maximum absolute atomic E-state index is 11.3. The second kappa shape index (κ2) is 7.60. The van der Waals surface area contributed by atoms with Crippen LogP contribution in [-0.4, -0.2) is 12.6 Å². The molecule has 0 heterocycles. The third kappa shape index (κ3) is 6.70. The largest absolute Gasteiger partial charge is 0.462 e. The molecule has 82 valence electrons. The lowest BCUT2D eigenvalue weighted by atomic mass is 10.1. The van der Waals surface area contributed by atoms with Crippen LogP contribution in [0.15, 0.2) is 11.6 Å². The molecule has 2 heteroatoms. The minimum Gasteiger partial charge on any atom is -0.462 e. The summed E-state index contributed by atoms with van der Waals surface area (Å²) in [4.78, 5) is 11.3. The Hall–Kier alpha value is -0.790. The van der Waals surface area contributed by atoms with E-state index in [1.165, 1.54) is 0 Å². The van der Waals surface area contributed by atoms with Crippen LogP contribution in [-0.2, 0) is 9.53 Å². The van der Waals surface area contributed by atoms with E-state index in [1.54, 1.807) is 0 Å². The van der Waals surface area contributed by atoms with Crippen LogP contribution in [0.25, 0.3) is 0 Å². The Kier molecular flexibility index (Phi) is 7.17. The first-order valence-electron chi connectivity index (χ1n) is 5.41. The quantitative estimate of drug-likeness (QED) is 0.372. The van der Waals surface area contributed by atoms with Crippen molar-refractivity contribution in [3.8, 4) is 0 Å². The van der Waals surface area contributed by atoms with Gasteiger partial charge in [0.1, 0.15) is 0 Å². The van der Waals surface area contributed by atoms with Crippen molar-refractivity contribution in [1.29, 1.82) is 0 Å². The Morgan fingerprint density at radius 3 is 2.57 bits per heavy atom. The van der Waals surface area contributed by atoms with Gasteiger partial charge in [-0.15, -0.1) is 0 Å². The molecule has 0 aliphatic rings. The molecule has 0 aromatic heterocycles. The predicted molar refractivity (Wildman–Crippen MR) is 59.1 cm³/mol. The molecule has 0 unspecified atom stereocenters. The first-order valence-corrected chi connectivity index (χ1v) is 5.41. The third-order valence-electron chi connectivity index (χ3n) is 1.95. The Labute approximate surface area is 87.3 Å². The molecule has 0 saturated heterocycles. The normalized spacial score (nSPS) is 11.9. The topological polar surface area (TPSA) is 26.3 Å². The number of hydrogen-bond acceptors (Lipinski definition) is 2. The molecule has 0 spiro atoms. The zero-order valence-electron chi connectivity index (χ0n) is 9.80. The number of ether oxygens (including phenoxy) is 1. The van der Waals surface area contributed by atoms with Gasteiger partial charge in [0.25, 0.3) is 0 Å². The monoisotopic (exact) mass is 198 g/mol. The summed E-state index contributed by atoms with van der Waals surface area (Å²) in [6.07, 6.45) is 4.90. The lowest BCUT2D eigenvalue weighted by Crippen LogP contribution is -2.07. The molecule has 0 rings (SSSR count). The maximum Gasteiger partial charge on any atom is 0.333 e. The summed E-state index contributed by atoms with van der Waals surface area (Å²) in [5, 5.41) is 0. The van der Waals surface area contributed by atoms with Crippen molar-refractivity contribution in [2.75, 3.05) is 6.61 Å². The zero-order chi connectivity index (χ0) is 11.0. The highest BCUT2D eigenvalue weighted by molar-refractivity contribution is 5.87. The van der Waals surface area contributed by atoms with Crippen LogP contribution in [0.3, 0.4) is 0 Å². The van der Waals surface area contributed by atoms with Gasteiger partial charge in [-0.1, -0.05) is 33.3 Å². The molecule has 0 fully saturated rings. The number of allylic oxidation sites excluding steroid dienone is 1. The fourth-order valence-electron chi connectivity index (χ4n) is 0.919. The van der Waals surface area contributed by atoms with Gasteiger partial charge < -0.3 is 4.74 Å². The minimum absolute atomic E-state index is 0.167. The van der Waals surface area contributed by atoms with Crippen molar-refractivity contribution in [2.24, 2.45) is 5.92 Å². The van der Waals surface area contributed by atoms with Gasteiger partial charge in [0, 0.05) is 5.57 Å². The van der Waals surface area contributed by atoms with Gasteiger partial charge in [-0.05, 0) is 25.7 Å². The molecule has 2 nitrogen and oxygen atoms in total. The predicted octanol–water partition coefficient (Wildman–Crippen LogP) is 3.32. The average Bonchev–Trinajstić information content (AvgIpc) is 2.14. The summed E-state index contributed by atoms with van der Waals surface area (Å²) in [5.41, 5.74) is 0.731. The van der Waals surface area contributed by atoms with E-state index in [9.17, 15) is 4.79 Å². The average molecular weight is 198 g/mol. The number of unbranched alkanes of at least 4 members (excludes halogenated alkanes) is 1. The van der Waals surface area contributed by atoms with Crippen LogP contribution in [0.5, 0.6) is 0 Å². The number of rotatable bonds is 6. The molecule has 0 saturated carbocycles. The Morgan fingerprint density at radius 1 is 1.43 bits per heavy atom. The smallest absolute Gasteiger partial charge is 0.333 e. The van der Waals surface area contributed by atoms with E-state index < -0.39 is 0 Å². The highest BCUT2D eigenvalue weighted by Crippen LogP contribution is 2.05. The number of esters is 1. The fraction of sp³-hybridized carbons (Fsp3) is 0.750. The molecule has 0 radical (unpaired) electrons. The molecule has 0 aliphatic carbocycles. The molecule has 0 aromatic carbocycles.